The summed E-state index contributed by atoms with van der Waals surface area (Å²) in [5.74, 6) is -0.299. The van der Waals surface area contributed by atoms with Crippen molar-refractivity contribution in [1.29, 1.82) is 0 Å². The van der Waals surface area contributed by atoms with Crippen LogP contribution >= 0.6 is 0 Å². The fourth-order valence-electron chi connectivity index (χ4n) is 1.61. The van der Waals surface area contributed by atoms with Gasteiger partial charge in [-0.3, -0.25) is 0 Å². The maximum Gasteiger partial charge on any atom is 0.344 e. The van der Waals surface area contributed by atoms with Gasteiger partial charge in [-0.05, 0) is 40.2 Å². The summed E-state index contributed by atoms with van der Waals surface area (Å²) in [4.78, 5) is 10.9. The molecular formula is C15H23NO3. The second kappa shape index (κ2) is 6.06. The molecule has 0 fully saturated rings. The first-order valence-electron chi connectivity index (χ1n) is 6.43. The van der Waals surface area contributed by atoms with Gasteiger partial charge in [-0.1, -0.05) is 18.2 Å². The van der Waals surface area contributed by atoms with E-state index in [1.165, 1.54) is 6.92 Å². The Bertz CT molecular complexity index is 449. The Morgan fingerprint density at radius 3 is 2.58 bits per heavy atom. The van der Waals surface area contributed by atoms with E-state index in [4.69, 9.17) is 9.84 Å². The maximum atomic E-state index is 10.9. The molecule has 4 heteroatoms. The number of hydrogen-bond donors (Lipinski definition) is 2. The summed E-state index contributed by atoms with van der Waals surface area (Å²) < 4.78 is 5.56. The van der Waals surface area contributed by atoms with Gasteiger partial charge < -0.3 is 15.2 Å². The van der Waals surface area contributed by atoms with Gasteiger partial charge in [0, 0.05) is 17.6 Å². The molecule has 1 aromatic carbocycles. The molecule has 106 valence electrons. The molecule has 2 N–H and O–H groups in total. The van der Waals surface area contributed by atoms with Crippen LogP contribution in [0.15, 0.2) is 18.2 Å². The average molecular weight is 265 g/mol. The fraction of sp³-hybridized carbons (Fsp3) is 0.533. The lowest BCUT2D eigenvalue weighted by Crippen LogP contribution is -2.35. The van der Waals surface area contributed by atoms with E-state index in [0.717, 1.165) is 11.1 Å². The Balaban J connectivity index is 2.92. The monoisotopic (exact) mass is 265 g/mol. The number of aryl methyl sites for hydroxylation is 1. The lowest BCUT2D eigenvalue weighted by molar-refractivity contribution is -0.144. The molecule has 0 radical (unpaired) electrons. The van der Waals surface area contributed by atoms with Crippen molar-refractivity contribution < 1.29 is 14.6 Å². The standard InChI is InChI=1S/C15H23NO3/c1-10-7-6-8-12(9-16-15(3,4)5)13(10)19-11(2)14(17)18/h6-8,11,16H,9H2,1-5H3,(H,17,18). The number of carboxylic acid groups (broad SMARTS) is 1. The molecule has 1 atom stereocenters. The maximum absolute atomic E-state index is 10.9. The number of benzene rings is 1. The Morgan fingerprint density at radius 1 is 1.42 bits per heavy atom. The molecule has 0 saturated carbocycles. The van der Waals surface area contributed by atoms with E-state index in [-0.39, 0.29) is 5.54 Å². The second-order valence-electron chi connectivity index (χ2n) is 5.77. The molecule has 0 aliphatic rings. The van der Waals surface area contributed by atoms with Crippen molar-refractivity contribution in [3.8, 4) is 5.75 Å². The molecule has 0 bridgehead atoms. The zero-order valence-electron chi connectivity index (χ0n) is 12.3. The van der Waals surface area contributed by atoms with Crippen LogP contribution in [-0.2, 0) is 11.3 Å². The van der Waals surface area contributed by atoms with E-state index in [2.05, 4.69) is 26.1 Å². The zero-order chi connectivity index (χ0) is 14.6. The number of para-hydroxylation sites is 1. The van der Waals surface area contributed by atoms with E-state index in [1.54, 1.807) is 0 Å². The van der Waals surface area contributed by atoms with Crippen LogP contribution in [0.2, 0.25) is 0 Å². The molecule has 1 aromatic rings. The summed E-state index contributed by atoms with van der Waals surface area (Å²) in [6, 6.07) is 5.83. The minimum atomic E-state index is -0.960. The highest BCUT2D eigenvalue weighted by Crippen LogP contribution is 2.25. The highest BCUT2D eigenvalue weighted by Gasteiger charge is 2.17. The van der Waals surface area contributed by atoms with Crippen molar-refractivity contribution in [3.05, 3.63) is 29.3 Å². The molecule has 1 unspecified atom stereocenters. The van der Waals surface area contributed by atoms with Crippen molar-refractivity contribution in [1.82, 2.24) is 5.32 Å². The van der Waals surface area contributed by atoms with Gasteiger partial charge in [0.1, 0.15) is 5.75 Å². The summed E-state index contributed by atoms with van der Waals surface area (Å²) in [6.07, 6.45) is -0.852. The molecule has 0 spiro atoms. The highest BCUT2D eigenvalue weighted by molar-refractivity contribution is 5.72. The van der Waals surface area contributed by atoms with Crippen molar-refractivity contribution in [2.75, 3.05) is 0 Å². The van der Waals surface area contributed by atoms with Crippen molar-refractivity contribution in [3.63, 3.8) is 0 Å². The number of nitrogens with one attached hydrogen (secondary N) is 1. The zero-order valence-corrected chi connectivity index (χ0v) is 12.3. The van der Waals surface area contributed by atoms with Gasteiger partial charge in [0.25, 0.3) is 0 Å². The quantitative estimate of drug-likeness (QED) is 0.859. The first kappa shape index (κ1) is 15.5. The first-order valence-corrected chi connectivity index (χ1v) is 6.43. The van der Waals surface area contributed by atoms with Gasteiger partial charge in [0.05, 0.1) is 0 Å². The normalized spacial score (nSPS) is 13.1. The fourth-order valence-corrected chi connectivity index (χ4v) is 1.61. The average Bonchev–Trinajstić information content (AvgIpc) is 2.28. The molecule has 19 heavy (non-hydrogen) atoms. The van der Waals surface area contributed by atoms with E-state index >= 15 is 0 Å². The van der Waals surface area contributed by atoms with E-state index in [0.29, 0.717) is 12.3 Å². The van der Waals surface area contributed by atoms with Crippen molar-refractivity contribution >= 4 is 5.97 Å². The second-order valence-corrected chi connectivity index (χ2v) is 5.77. The van der Waals surface area contributed by atoms with Crippen LogP contribution in [0.4, 0.5) is 0 Å². The van der Waals surface area contributed by atoms with Crippen LogP contribution in [0.1, 0.15) is 38.8 Å². The number of aliphatic carboxylic acids is 1. The molecule has 0 saturated heterocycles. The summed E-state index contributed by atoms with van der Waals surface area (Å²) in [5, 5.41) is 12.3. The largest absolute Gasteiger partial charge is 0.479 e. The highest BCUT2D eigenvalue weighted by atomic mass is 16.5. The summed E-state index contributed by atoms with van der Waals surface area (Å²) >= 11 is 0. The lowest BCUT2D eigenvalue weighted by atomic mass is 10.1. The molecule has 0 amide bonds. The summed E-state index contributed by atoms with van der Waals surface area (Å²) in [5.41, 5.74) is 1.92. The molecule has 4 nitrogen and oxygen atoms in total. The van der Waals surface area contributed by atoms with Crippen LogP contribution in [0.5, 0.6) is 5.75 Å². The van der Waals surface area contributed by atoms with Crippen molar-refractivity contribution in [2.24, 2.45) is 0 Å². The lowest BCUT2D eigenvalue weighted by Gasteiger charge is -2.23. The van der Waals surface area contributed by atoms with Crippen LogP contribution < -0.4 is 10.1 Å². The Morgan fingerprint density at radius 2 is 2.05 bits per heavy atom. The van der Waals surface area contributed by atoms with Gasteiger partial charge in [-0.25, -0.2) is 4.79 Å². The van der Waals surface area contributed by atoms with Gasteiger partial charge in [-0.2, -0.15) is 0 Å². The number of carbonyl (C=O) groups is 1. The van der Waals surface area contributed by atoms with Gasteiger partial charge in [0.2, 0.25) is 0 Å². The summed E-state index contributed by atoms with van der Waals surface area (Å²) in [7, 11) is 0. The minimum absolute atomic E-state index is 0.000565. The predicted octanol–water partition coefficient (Wildman–Crippen LogP) is 2.74. The van der Waals surface area contributed by atoms with Crippen LogP contribution in [0.3, 0.4) is 0 Å². The summed E-state index contributed by atoms with van der Waals surface area (Å²) in [6.45, 7) is 10.4. The van der Waals surface area contributed by atoms with Crippen LogP contribution in [0.25, 0.3) is 0 Å². The molecule has 1 rings (SSSR count). The smallest absolute Gasteiger partial charge is 0.344 e. The Kier molecular flexibility index (Phi) is 4.95. The number of ether oxygens (including phenoxy) is 1. The Hall–Kier alpha value is -1.55. The van der Waals surface area contributed by atoms with E-state index < -0.39 is 12.1 Å². The van der Waals surface area contributed by atoms with Gasteiger partial charge >= 0.3 is 5.97 Å². The van der Waals surface area contributed by atoms with Crippen molar-refractivity contribution in [2.45, 2.75) is 52.8 Å². The van der Waals surface area contributed by atoms with Crippen LogP contribution in [-0.4, -0.2) is 22.7 Å². The number of carboxylic acids is 1. The molecule has 0 aliphatic carbocycles. The third-order valence-electron chi connectivity index (χ3n) is 2.75. The third-order valence-corrected chi connectivity index (χ3v) is 2.75. The van der Waals surface area contributed by atoms with Gasteiger partial charge in [0.15, 0.2) is 6.10 Å². The third kappa shape index (κ3) is 4.91. The van der Waals surface area contributed by atoms with E-state index in [9.17, 15) is 4.79 Å². The molecule has 0 aromatic heterocycles. The SMILES string of the molecule is Cc1cccc(CNC(C)(C)C)c1OC(C)C(=O)O. The Labute approximate surface area is 114 Å². The molecule has 0 heterocycles. The van der Waals surface area contributed by atoms with E-state index in [1.807, 2.05) is 25.1 Å². The number of hydrogen-bond acceptors (Lipinski definition) is 3. The number of rotatable bonds is 5. The van der Waals surface area contributed by atoms with Gasteiger partial charge in [-0.15, -0.1) is 0 Å². The van der Waals surface area contributed by atoms with Crippen LogP contribution in [0, 0.1) is 6.92 Å². The molecular weight excluding hydrogens is 242 g/mol. The minimum Gasteiger partial charge on any atom is -0.479 e. The predicted molar refractivity (Wildman–Crippen MR) is 75.5 cm³/mol. The first-order chi connectivity index (χ1) is 8.70. The topological polar surface area (TPSA) is 58.6 Å². The molecule has 0 aliphatic heterocycles.